The molecular weight excluding hydrogens is 998 g/mol. The molecule has 3 amide bonds. The van der Waals surface area contributed by atoms with Crippen LogP contribution in [0.1, 0.15) is 72.9 Å². The van der Waals surface area contributed by atoms with E-state index in [1.54, 1.807) is 55.6 Å². The lowest BCUT2D eigenvalue weighted by atomic mass is 9.93. The molecule has 0 radical (unpaired) electrons. The van der Waals surface area contributed by atoms with Crippen LogP contribution in [0.15, 0.2) is 86.5 Å². The number of methoxy groups -OCH3 is 2. The molecule has 1 atom stereocenters. The molecule has 2 aromatic carbocycles. The van der Waals surface area contributed by atoms with Crippen LogP contribution >= 0.6 is 11.6 Å². The van der Waals surface area contributed by atoms with Crippen molar-refractivity contribution in [2.45, 2.75) is 67.3 Å². The molecule has 1 aliphatic rings. The van der Waals surface area contributed by atoms with Crippen LogP contribution in [0.2, 0.25) is 0 Å². The standard InChI is InChI=1S/C15H11ClO2.C11H19NO4.C10H18N2O4.C10H17NO4.C6H13NO2.CH4/c16-15(17)18-9-14-12-7-3-1-5-10(12)11-6-2-4-8-13(11)14;1-6-7-16-10(14)12(4)8-11(2,3)9(13)15-5;1-5-6-16-9(14)12(3)7-10(2,11)8(13)15-4;1-5-6-15-9(14)11(4)7-10(2,3)8(12)13;1-6(2,4-7-3)5(8)9;/h1-8,14H,9H2;6H,1,7-8H2,2-5H3;5H,1,6-7,11H2,2-4H3;5H,1,6-7H2,2-4H3,(H,12,13);7H,4H2,1-3H3,(H,8,9);1H4/t;;10-;;;/m..0.../s1. The van der Waals surface area contributed by atoms with Gasteiger partial charge in [-0.3, -0.25) is 19.2 Å². The summed E-state index contributed by atoms with van der Waals surface area (Å²) < 4.78 is 28.5. The van der Waals surface area contributed by atoms with E-state index in [0.717, 1.165) is 0 Å². The first kappa shape index (κ1) is 72.3. The van der Waals surface area contributed by atoms with E-state index in [-0.39, 0.29) is 65.4 Å². The lowest BCUT2D eigenvalue weighted by molar-refractivity contribution is -0.151. The Morgan fingerprint density at radius 3 is 1.27 bits per heavy atom. The molecule has 22 heteroatoms. The van der Waals surface area contributed by atoms with Crippen molar-refractivity contribution >= 4 is 59.2 Å². The van der Waals surface area contributed by atoms with Crippen molar-refractivity contribution in [3.8, 4) is 11.1 Å². The van der Waals surface area contributed by atoms with Crippen LogP contribution < -0.4 is 11.1 Å². The minimum atomic E-state index is -1.25. The largest absolute Gasteiger partial charge is 0.481 e. The molecule has 0 fully saturated rings. The number of hydrogen-bond acceptors (Lipinski definition) is 16. The van der Waals surface area contributed by atoms with Gasteiger partial charge in [0.15, 0.2) is 0 Å². The van der Waals surface area contributed by atoms with Gasteiger partial charge in [0.2, 0.25) is 0 Å². The third-order valence-electron chi connectivity index (χ3n) is 10.2. The Kier molecular flexibility index (Phi) is 34.0. The van der Waals surface area contributed by atoms with Gasteiger partial charge in [0.05, 0.1) is 37.0 Å². The normalized spacial score (nSPS) is 11.7. The van der Waals surface area contributed by atoms with Crippen LogP contribution in [0.25, 0.3) is 11.1 Å². The van der Waals surface area contributed by atoms with Gasteiger partial charge in [-0.05, 0) is 77.8 Å². The summed E-state index contributed by atoms with van der Waals surface area (Å²) in [5, 5.41) is 20.2. The molecular formula is C53H82ClN5O16. The number of carboxylic acids is 2. The Labute approximate surface area is 447 Å². The van der Waals surface area contributed by atoms with Crippen LogP contribution in [0.4, 0.5) is 19.2 Å². The first-order chi connectivity index (χ1) is 34.3. The molecule has 5 N–H and O–H groups in total. The number of carboxylic acid groups (broad SMARTS) is 2. The molecule has 0 saturated carbocycles. The maximum atomic E-state index is 11.4. The maximum absolute atomic E-state index is 11.4. The Balaban J connectivity index is -0.000000874. The molecule has 0 spiro atoms. The fraction of sp³-hybridized carbons (Fsp3) is 0.509. The zero-order valence-corrected chi connectivity index (χ0v) is 45.9. The number of esters is 2. The quantitative estimate of drug-likeness (QED) is 0.0422. The van der Waals surface area contributed by atoms with Gasteiger partial charge in [-0.1, -0.05) is 93.9 Å². The Morgan fingerprint density at radius 2 is 0.960 bits per heavy atom. The van der Waals surface area contributed by atoms with Gasteiger partial charge in [-0.15, -0.1) is 0 Å². The number of carbonyl (C=O) groups is 8. The molecule has 0 heterocycles. The van der Waals surface area contributed by atoms with Crippen molar-refractivity contribution in [1.29, 1.82) is 0 Å². The monoisotopic (exact) mass is 1080 g/mol. The smallest absolute Gasteiger partial charge is 0.409 e. The van der Waals surface area contributed by atoms with Gasteiger partial charge in [0, 0.05) is 58.3 Å². The topological polar surface area (TPSA) is 280 Å². The zero-order chi connectivity index (χ0) is 57.6. The minimum absolute atomic E-state index is 0. The Hall–Kier alpha value is -6.97. The summed E-state index contributed by atoms with van der Waals surface area (Å²) in [5.74, 6) is -2.59. The Morgan fingerprint density at radius 1 is 0.613 bits per heavy atom. The molecule has 21 nitrogen and oxygen atoms in total. The van der Waals surface area contributed by atoms with E-state index in [2.05, 4.69) is 58.8 Å². The minimum Gasteiger partial charge on any atom is -0.481 e. The second kappa shape index (κ2) is 35.3. The van der Waals surface area contributed by atoms with Crippen LogP contribution in [0.5, 0.6) is 0 Å². The fourth-order valence-corrected chi connectivity index (χ4v) is 6.47. The molecule has 0 unspecified atom stereocenters. The number of aliphatic carboxylic acids is 2. The number of rotatable bonds is 20. The first-order valence-corrected chi connectivity index (χ1v) is 23.2. The van der Waals surface area contributed by atoms with E-state index < -0.39 is 63.4 Å². The summed E-state index contributed by atoms with van der Waals surface area (Å²) in [6.07, 6.45) is 2.78. The number of benzene rings is 2. The van der Waals surface area contributed by atoms with Crippen molar-refractivity contribution in [2.75, 3.05) is 95.0 Å². The highest BCUT2D eigenvalue weighted by atomic mass is 35.5. The summed E-state index contributed by atoms with van der Waals surface area (Å²) in [6, 6.07) is 16.4. The lowest BCUT2D eigenvalue weighted by Crippen LogP contribution is -2.54. The average Bonchev–Trinajstić information content (AvgIpc) is 3.66. The molecule has 2 aromatic rings. The van der Waals surface area contributed by atoms with Gasteiger partial charge in [-0.2, -0.15) is 0 Å². The summed E-state index contributed by atoms with van der Waals surface area (Å²) >= 11 is 5.25. The fourth-order valence-electron chi connectivity index (χ4n) is 6.41. The van der Waals surface area contributed by atoms with Gasteiger partial charge >= 0.3 is 47.6 Å². The highest BCUT2D eigenvalue weighted by Gasteiger charge is 2.34. The van der Waals surface area contributed by atoms with Crippen molar-refractivity contribution < 1.29 is 77.0 Å². The van der Waals surface area contributed by atoms with Crippen LogP contribution in [0, 0.1) is 16.2 Å². The summed E-state index contributed by atoms with van der Waals surface area (Å²) in [5.41, 5.74) is 6.11. The van der Waals surface area contributed by atoms with E-state index >= 15 is 0 Å². The SMILES string of the molecule is C.C=CCOC(=O)N(C)CC(C)(C)C(=O)O.C=CCOC(=O)N(C)CC(C)(C)C(=O)OC.C=CCOC(=O)N(C)C[C@](C)(N)C(=O)OC.CNCC(C)(C)C(=O)O.O=C(Cl)OCC1c2ccccc2-c2ccccc21. The van der Waals surface area contributed by atoms with E-state index in [0.29, 0.717) is 6.54 Å². The predicted octanol–water partition coefficient (Wildman–Crippen LogP) is 8.05. The molecule has 0 bridgehead atoms. The number of carbonyl (C=O) groups excluding carboxylic acids is 6. The molecule has 3 rings (SSSR count). The molecule has 1 aliphatic carbocycles. The second-order valence-corrected chi connectivity index (χ2v) is 18.9. The lowest BCUT2D eigenvalue weighted by Gasteiger charge is -2.27. The van der Waals surface area contributed by atoms with Gasteiger partial charge in [0.1, 0.15) is 32.0 Å². The number of ether oxygens (including phenoxy) is 6. The third-order valence-corrected chi connectivity index (χ3v) is 10.3. The van der Waals surface area contributed by atoms with Crippen molar-refractivity contribution in [1.82, 2.24) is 20.0 Å². The van der Waals surface area contributed by atoms with E-state index in [1.807, 2.05) is 24.3 Å². The van der Waals surface area contributed by atoms with Crippen molar-refractivity contribution in [2.24, 2.45) is 22.0 Å². The number of nitrogens with two attached hydrogens (primary N) is 1. The number of fused-ring (bicyclic) bond motifs is 3. The first-order valence-electron chi connectivity index (χ1n) is 22.8. The Bertz CT molecular complexity index is 2090. The van der Waals surface area contributed by atoms with Gasteiger partial charge < -0.3 is 64.4 Å². The van der Waals surface area contributed by atoms with E-state index in [4.69, 9.17) is 46.5 Å². The van der Waals surface area contributed by atoms with E-state index in [9.17, 15) is 38.4 Å². The molecule has 0 aliphatic heterocycles. The summed E-state index contributed by atoms with van der Waals surface area (Å²) in [4.78, 5) is 92.4. The predicted molar refractivity (Wildman–Crippen MR) is 287 cm³/mol. The molecule has 422 valence electrons. The number of halogens is 1. The van der Waals surface area contributed by atoms with Crippen LogP contribution in [0.3, 0.4) is 0 Å². The van der Waals surface area contributed by atoms with Gasteiger partial charge in [0.25, 0.3) is 0 Å². The van der Waals surface area contributed by atoms with Crippen LogP contribution in [-0.4, -0.2) is 173 Å². The third kappa shape index (κ3) is 26.7. The number of hydrogen-bond donors (Lipinski definition) is 4. The molecule has 0 saturated heterocycles. The molecule has 0 aromatic heterocycles. The van der Waals surface area contributed by atoms with Crippen LogP contribution in [-0.2, 0) is 47.6 Å². The van der Waals surface area contributed by atoms with E-state index in [1.165, 1.54) is 90.4 Å². The number of nitrogens with zero attached hydrogens (tertiary/aromatic N) is 3. The summed E-state index contributed by atoms with van der Waals surface area (Å²) in [6.45, 7) is 23.1. The number of nitrogens with one attached hydrogen (secondary N) is 1. The van der Waals surface area contributed by atoms with Crippen molar-refractivity contribution in [3.05, 3.63) is 97.6 Å². The average molecular weight is 1080 g/mol. The molecule has 75 heavy (non-hydrogen) atoms. The van der Waals surface area contributed by atoms with Crippen molar-refractivity contribution in [3.63, 3.8) is 0 Å². The maximum Gasteiger partial charge on any atom is 0.409 e. The second-order valence-electron chi connectivity index (χ2n) is 18.6. The number of amides is 3. The zero-order valence-electron chi connectivity index (χ0n) is 45.1. The highest BCUT2D eigenvalue weighted by molar-refractivity contribution is 6.61. The number of likely N-dealkylation sites (N-methyl/N-ethyl adjacent to an activating group) is 1. The van der Waals surface area contributed by atoms with Gasteiger partial charge in [-0.25, -0.2) is 19.2 Å². The highest BCUT2D eigenvalue weighted by Crippen LogP contribution is 2.44. The summed E-state index contributed by atoms with van der Waals surface area (Å²) in [7, 11) is 8.85.